The minimum atomic E-state index is -0.452. The summed E-state index contributed by atoms with van der Waals surface area (Å²) in [5.74, 6) is 0.780. The highest BCUT2D eigenvalue weighted by molar-refractivity contribution is 5.67. The van der Waals surface area contributed by atoms with Crippen LogP contribution in [-0.2, 0) is 14.3 Å². The Morgan fingerprint density at radius 3 is 2.78 bits per heavy atom. The molecule has 1 saturated heterocycles. The minimum Gasteiger partial charge on any atom is -0.456 e. The third kappa shape index (κ3) is 2.09. The van der Waals surface area contributed by atoms with Gasteiger partial charge in [-0.25, -0.2) is 0 Å². The maximum Gasteiger partial charge on any atom is 0.303 e. The Morgan fingerprint density at radius 2 is 2.09 bits per heavy atom. The van der Waals surface area contributed by atoms with Gasteiger partial charge in [-0.15, -0.1) is 13.2 Å². The van der Waals surface area contributed by atoms with Crippen LogP contribution >= 0.6 is 0 Å². The predicted octanol–water partition coefficient (Wildman–Crippen LogP) is 4.10. The van der Waals surface area contributed by atoms with E-state index in [0.29, 0.717) is 11.8 Å². The van der Waals surface area contributed by atoms with Crippen LogP contribution in [0.1, 0.15) is 51.9 Å². The highest BCUT2D eigenvalue weighted by Gasteiger charge is 2.73. The van der Waals surface area contributed by atoms with Gasteiger partial charge in [0.2, 0.25) is 0 Å². The fourth-order valence-electron chi connectivity index (χ4n) is 5.70. The number of esters is 1. The van der Waals surface area contributed by atoms with E-state index >= 15 is 0 Å². The van der Waals surface area contributed by atoms with E-state index in [1.807, 2.05) is 12.2 Å². The number of ether oxygens (including phenoxy) is 2. The van der Waals surface area contributed by atoms with Gasteiger partial charge in [-0.1, -0.05) is 23.3 Å². The summed E-state index contributed by atoms with van der Waals surface area (Å²) in [7, 11) is 0. The molecule has 23 heavy (non-hydrogen) atoms. The van der Waals surface area contributed by atoms with Crippen molar-refractivity contribution in [1.82, 2.24) is 0 Å². The first-order chi connectivity index (χ1) is 11.0. The Kier molecular flexibility index (Phi) is 3.35. The van der Waals surface area contributed by atoms with E-state index in [4.69, 9.17) is 9.47 Å². The van der Waals surface area contributed by atoms with Crippen molar-refractivity contribution in [2.24, 2.45) is 11.8 Å². The van der Waals surface area contributed by atoms with Gasteiger partial charge in [-0.2, -0.15) is 0 Å². The van der Waals surface area contributed by atoms with Crippen LogP contribution in [0.3, 0.4) is 0 Å². The summed E-state index contributed by atoms with van der Waals surface area (Å²) in [4.78, 5) is 11.9. The number of allylic oxidation sites excluding steroid dienone is 2. The summed E-state index contributed by atoms with van der Waals surface area (Å²) in [5.41, 5.74) is 2.42. The van der Waals surface area contributed by atoms with Crippen LogP contribution in [0.25, 0.3) is 0 Å². The van der Waals surface area contributed by atoms with Crippen molar-refractivity contribution in [3.8, 4) is 0 Å². The lowest BCUT2D eigenvalue weighted by molar-refractivity contribution is -0.181. The average Bonchev–Trinajstić information content (AvgIpc) is 3.10. The fraction of sp³-hybridized carbons (Fsp3) is 0.650. The smallest absolute Gasteiger partial charge is 0.303 e. The molecule has 1 aliphatic heterocycles. The van der Waals surface area contributed by atoms with E-state index < -0.39 is 5.60 Å². The molecule has 1 saturated carbocycles. The number of hydrogen-bond donors (Lipinski definition) is 0. The SMILES string of the molecule is C=CC[C@@H]1C[C@@]2(OC(C)=O)C[C@@H](CC=C)[C@H]3CC4=C(C4)C[C@@]32O1. The molecule has 0 aromatic carbocycles. The summed E-state index contributed by atoms with van der Waals surface area (Å²) in [5, 5.41) is 0. The first-order valence-electron chi connectivity index (χ1n) is 8.82. The summed E-state index contributed by atoms with van der Waals surface area (Å²) in [6.45, 7) is 9.33. The monoisotopic (exact) mass is 314 g/mol. The third-order valence-corrected chi connectivity index (χ3v) is 6.45. The molecule has 0 radical (unpaired) electrons. The molecule has 3 aliphatic carbocycles. The normalized spacial score (nSPS) is 43.4. The molecule has 5 atom stereocenters. The number of carbonyl (C=O) groups is 1. The van der Waals surface area contributed by atoms with Gasteiger partial charge in [0.1, 0.15) is 11.2 Å². The predicted molar refractivity (Wildman–Crippen MR) is 88.8 cm³/mol. The Bertz CT molecular complexity index is 604. The number of hydrogen-bond acceptors (Lipinski definition) is 3. The summed E-state index contributed by atoms with van der Waals surface area (Å²) < 4.78 is 12.7. The Balaban J connectivity index is 1.75. The molecule has 124 valence electrons. The quantitative estimate of drug-likeness (QED) is 0.566. The zero-order valence-electron chi connectivity index (χ0n) is 14.0. The molecule has 0 unspecified atom stereocenters. The van der Waals surface area contributed by atoms with Gasteiger partial charge >= 0.3 is 5.97 Å². The number of carbonyl (C=O) groups excluding carboxylic acids is 1. The van der Waals surface area contributed by atoms with Gasteiger partial charge in [0.05, 0.1) is 6.10 Å². The molecule has 0 N–H and O–H groups in total. The van der Waals surface area contributed by atoms with Gasteiger partial charge in [-0.05, 0) is 43.9 Å². The Morgan fingerprint density at radius 1 is 1.30 bits per heavy atom. The molecule has 4 rings (SSSR count). The molecule has 3 nitrogen and oxygen atoms in total. The van der Waals surface area contributed by atoms with Crippen LogP contribution in [0.4, 0.5) is 0 Å². The van der Waals surface area contributed by atoms with Crippen LogP contribution in [-0.4, -0.2) is 23.3 Å². The first kappa shape index (κ1) is 15.2. The van der Waals surface area contributed by atoms with Crippen LogP contribution in [0.15, 0.2) is 36.5 Å². The second-order valence-corrected chi connectivity index (χ2v) is 7.81. The molecule has 3 heteroatoms. The second-order valence-electron chi connectivity index (χ2n) is 7.81. The minimum absolute atomic E-state index is 0.125. The lowest BCUT2D eigenvalue weighted by atomic mass is 9.72. The van der Waals surface area contributed by atoms with Gasteiger partial charge < -0.3 is 9.47 Å². The molecular formula is C20H26O3. The molecule has 4 aliphatic rings. The van der Waals surface area contributed by atoms with E-state index in [1.165, 1.54) is 13.3 Å². The van der Waals surface area contributed by atoms with Crippen molar-refractivity contribution < 1.29 is 14.3 Å². The standard InChI is InChI=1S/C20H26O3/c1-4-6-14-10-19(22-13(3)21)12-17(7-5-2)23-20(19)11-16-8-15(16)9-18(14)20/h4-5,14,17-18H,1-2,6-12H2,3H3/t14-,17-,18-,19+,20-/m1/s1. The molecule has 1 heterocycles. The molecule has 2 fully saturated rings. The zero-order valence-corrected chi connectivity index (χ0v) is 14.0. The number of rotatable bonds is 5. The molecule has 1 spiro atoms. The topological polar surface area (TPSA) is 35.5 Å². The third-order valence-electron chi connectivity index (χ3n) is 6.45. The van der Waals surface area contributed by atoms with E-state index in [9.17, 15) is 4.79 Å². The van der Waals surface area contributed by atoms with Gasteiger partial charge in [0.15, 0.2) is 0 Å². The van der Waals surface area contributed by atoms with E-state index in [2.05, 4.69) is 13.2 Å². The maximum atomic E-state index is 11.9. The van der Waals surface area contributed by atoms with Gasteiger partial charge in [0, 0.05) is 19.8 Å². The van der Waals surface area contributed by atoms with E-state index in [-0.39, 0.29) is 17.7 Å². The Labute approximate surface area is 138 Å². The fourth-order valence-corrected chi connectivity index (χ4v) is 5.70. The maximum absolute atomic E-state index is 11.9. The van der Waals surface area contributed by atoms with Crippen molar-refractivity contribution in [1.29, 1.82) is 0 Å². The molecule has 0 aromatic heterocycles. The van der Waals surface area contributed by atoms with Gasteiger partial charge in [-0.3, -0.25) is 4.79 Å². The first-order valence-corrected chi connectivity index (χ1v) is 8.82. The van der Waals surface area contributed by atoms with Crippen LogP contribution in [0.2, 0.25) is 0 Å². The highest BCUT2D eigenvalue weighted by Crippen LogP contribution is 2.68. The zero-order chi connectivity index (χ0) is 16.2. The van der Waals surface area contributed by atoms with Crippen LogP contribution in [0, 0.1) is 11.8 Å². The lowest BCUT2D eigenvalue weighted by Gasteiger charge is -2.43. The van der Waals surface area contributed by atoms with Crippen molar-refractivity contribution in [2.45, 2.75) is 69.2 Å². The molecule has 0 aromatic rings. The molecule has 0 amide bonds. The molecule has 0 bridgehead atoms. The summed E-state index contributed by atoms with van der Waals surface area (Å²) in [6.07, 6.45) is 10.8. The summed E-state index contributed by atoms with van der Waals surface area (Å²) in [6, 6.07) is 0. The van der Waals surface area contributed by atoms with Crippen molar-refractivity contribution in [3.05, 3.63) is 36.5 Å². The van der Waals surface area contributed by atoms with E-state index in [0.717, 1.165) is 38.5 Å². The van der Waals surface area contributed by atoms with E-state index in [1.54, 1.807) is 11.1 Å². The largest absolute Gasteiger partial charge is 0.456 e. The Hall–Kier alpha value is -1.35. The van der Waals surface area contributed by atoms with Gasteiger partial charge in [0.25, 0.3) is 0 Å². The lowest BCUT2D eigenvalue weighted by Crippen LogP contribution is -2.53. The van der Waals surface area contributed by atoms with Crippen LogP contribution < -0.4 is 0 Å². The molecular weight excluding hydrogens is 288 g/mol. The van der Waals surface area contributed by atoms with Crippen molar-refractivity contribution in [3.63, 3.8) is 0 Å². The average molecular weight is 314 g/mol. The highest BCUT2D eigenvalue weighted by atomic mass is 16.6. The summed E-state index contributed by atoms with van der Waals surface area (Å²) >= 11 is 0. The second kappa shape index (κ2) is 5.07. The van der Waals surface area contributed by atoms with Crippen LogP contribution in [0.5, 0.6) is 0 Å². The van der Waals surface area contributed by atoms with Crippen molar-refractivity contribution in [2.75, 3.05) is 0 Å². The van der Waals surface area contributed by atoms with Crippen molar-refractivity contribution >= 4 is 5.97 Å².